The molecule has 1 aliphatic heterocycles. The minimum absolute atomic E-state index is 0.0502. The highest BCUT2D eigenvalue weighted by atomic mass is 32.2. The van der Waals surface area contributed by atoms with E-state index in [4.69, 9.17) is 9.47 Å². The van der Waals surface area contributed by atoms with Crippen LogP contribution in [0.5, 0.6) is 11.5 Å². The normalized spacial score (nSPS) is 14.0. The zero-order valence-corrected chi connectivity index (χ0v) is 31.4. The van der Waals surface area contributed by atoms with Gasteiger partial charge in [0.25, 0.3) is 0 Å². The first kappa shape index (κ1) is 37.8. The average molecular weight is 715 g/mol. The van der Waals surface area contributed by atoms with Gasteiger partial charge in [-0.25, -0.2) is 13.1 Å². The number of sulfonamides is 1. The molecule has 1 unspecified atom stereocenters. The first-order valence-electron chi connectivity index (χ1n) is 17.5. The molecular formula is C40H50N4O6S. The lowest BCUT2D eigenvalue weighted by atomic mass is 10.0. The Kier molecular flexibility index (Phi) is 12.1. The Bertz CT molecular complexity index is 1940. The van der Waals surface area contributed by atoms with Crippen LogP contribution in [0.2, 0.25) is 0 Å². The summed E-state index contributed by atoms with van der Waals surface area (Å²) in [4.78, 5) is 31.7. The van der Waals surface area contributed by atoms with Gasteiger partial charge in [0.15, 0.2) is 11.5 Å². The van der Waals surface area contributed by atoms with Crippen LogP contribution in [-0.4, -0.2) is 68.0 Å². The highest BCUT2D eigenvalue weighted by Crippen LogP contribution is 2.35. The zero-order valence-electron chi connectivity index (χ0n) is 30.6. The quantitative estimate of drug-likeness (QED) is 0.151. The van der Waals surface area contributed by atoms with E-state index in [1.807, 2.05) is 50.2 Å². The Hall–Kier alpha value is -4.45. The maximum atomic E-state index is 13.9. The van der Waals surface area contributed by atoms with Gasteiger partial charge in [0, 0.05) is 44.6 Å². The van der Waals surface area contributed by atoms with Crippen LogP contribution in [0.15, 0.2) is 89.8 Å². The number of benzene rings is 4. The number of ether oxygens (including phenoxy) is 2. The van der Waals surface area contributed by atoms with Gasteiger partial charge in [-0.1, -0.05) is 60.7 Å². The molecule has 1 heterocycles. The number of hydrogen-bond acceptors (Lipinski definition) is 7. The Morgan fingerprint density at radius 2 is 1.41 bits per heavy atom. The van der Waals surface area contributed by atoms with E-state index in [0.717, 1.165) is 28.4 Å². The van der Waals surface area contributed by atoms with E-state index in [2.05, 4.69) is 54.8 Å². The molecule has 0 spiro atoms. The molecule has 0 aromatic heterocycles. The van der Waals surface area contributed by atoms with Gasteiger partial charge >= 0.3 is 0 Å². The zero-order chi connectivity index (χ0) is 36.9. The van der Waals surface area contributed by atoms with Crippen molar-refractivity contribution < 1.29 is 27.5 Å². The summed E-state index contributed by atoms with van der Waals surface area (Å²) in [5.41, 5.74) is 2.59. The highest BCUT2D eigenvalue weighted by Gasteiger charge is 2.30. The third-order valence-corrected chi connectivity index (χ3v) is 10.9. The van der Waals surface area contributed by atoms with Crippen LogP contribution in [-0.2, 0) is 32.6 Å². The lowest BCUT2D eigenvalue weighted by molar-refractivity contribution is -0.136. The van der Waals surface area contributed by atoms with Crippen molar-refractivity contribution in [3.05, 3.63) is 102 Å². The number of carbonyl (C=O) groups is 2. The molecule has 4 aromatic rings. The molecule has 1 aliphatic rings. The first-order chi connectivity index (χ1) is 24.2. The van der Waals surface area contributed by atoms with Crippen LogP contribution in [0.1, 0.15) is 70.7 Å². The van der Waals surface area contributed by atoms with E-state index in [0.29, 0.717) is 29.1 Å². The predicted octanol–water partition coefficient (Wildman–Crippen LogP) is 6.19. The number of nitrogens with zero attached hydrogens (tertiary/aromatic N) is 2. The lowest BCUT2D eigenvalue weighted by Gasteiger charge is -2.30. The van der Waals surface area contributed by atoms with Gasteiger partial charge in [-0.05, 0) is 93.3 Å². The van der Waals surface area contributed by atoms with Crippen molar-refractivity contribution in [2.45, 2.75) is 96.0 Å². The molecule has 4 aromatic carbocycles. The molecule has 2 amide bonds. The van der Waals surface area contributed by atoms with Gasteiger partial charge in [-0.15, -0.1) is 0 Å². The number of nitrogens with one attached hydrogen (secondary N) is 2. The van der Waals surface area contributed by atoms with Crippen LogP contribution in [0.25, 0.3) is 10.8 Å². The maximum Gasteiger partial charge on any atom is 0.245 e. The van der Waals surface area contributed by atoms with Crippen molar-refractivity contribution in [2.75, 3.05) is 13.8 Å². The van der Waals surface area contributed by atoms with E-state index < -0.39 is 28.0 Å². The summed E-state index contributed by atoms with van der Waals surface area (Å²) in [6.07, 6.45) is 0.0122. The smallest absolute Gasteiger partial charge is 0.245 e. The van der Waals surface area contributed by atoms with E-state index in [1.165, 1.54) is 0 Å². The van der Waals surface area contributed by atoms with E-state index in [9.17, 15) is 18.0 Å². The van der Waals surface area contributed by atoms with Crippen LogP contribution in [0.4, 0.5) is 0 Å². The van der Waals surface area contributed by atoms with Crippen LogP contribution < -0.4 is 19.5 Å². The van der Waals surface area contributed by atoms with Gasteiger partial charge in [0.05, 0.1) is 10.9 Å². The van der Waals surface area contributed by atoms with Crippen molar-refractivity contribution >= 4 is 32.6 Å². The number of carbonyl (C=O) groups excluding carboxylic acids is 2. The largest absolute Gasteiger partial charge is 0.454 e. The number of rotatable bonds is 15. The molecule has 0 radical (unpaired) electrons. The van der Waals surface area contributed by atoms with E-state index >= 15 is 0 Å². The summed E-state index contributed by atoms with van der Waals surface area (Å²) in [7, 11) is -2.36. The second kappa shape index (κ2) is 16.3. The topological polar surface area (TPSA) is 117 Å². The van der Waals surface area contributed by atoms with Gasteiger partial charge in [0.2, 0.25) is 28.6 Å². The molecule has 0 fully saturated rings. The van der Waals surface area contributed by atoms with Crippen molar-refractivity contribution in [3.63, 3.8) is 0 Å². The van der Waals surface area contributed by atoms with E-state index in [1.54, 1.807) is 48.3 Å². The summed E-state index contributed by atoms with van der Waals surface area (Å²) in [5.74, 6) is 0.289. The third-order valence-electron chi connectivity index (χ3n) is 9.43. The van der Waals surface area contributed by atoms with E-state index in [-0.39, 0.29) is 36.5 Å². The van der Waals surface area contributed by atoms with Crippen LogP contribution in [0.3, 0.4) is 0 Å². The first-order valence-corrected chi connectivity index (χ1v) is 19.0. The Balaban J connectivity index is 1.39. The number of amides is 2. The van der Waals surface area contributed by atoms with Crippen LogP contribution in [0, 0.1) is 0 Å². The molecule has 51 heavy (non-hydrogen) atoms. The summed E-state index contributed by atoms with van der Waals surface area (Å²) in [6.45, 7) is 13.4. The SMILES string of the molecule is CC(C)N(C)C(=O)[C@@H](Cc1ccc(CN(C(C)C)C(C)C)cc1)NC(=O)CC(NS(=O)(=O)c1ccc2ccccc2c1)c1ccc2c(c1)OCO2. The second-order valence-corrected chi connectivity index (χ2v) is 15.8. The number of likely N-dealkylation sites (N-methyl/N-ethyl adjacent to an activating group) is 1. The summed E-state index contributed by atoms with van der Waals surface area (Å²) < 4.78 is 41.4. The standard InChI is InChI=1S/C40H50N4O6S/c1-26(2)43(7)40(46)36(20-29-12-14-30(15-13-29)24-44(27(3)4)28(5)6)41-39(45)23-35(33-17-19-37-38(22-33)50-25-49-37)42-51(47,48)34-18-16-31-10-8-9-11-32(31)21-34/h8-19,21-22,26-28,35-36,42H,20,23-25H2,1-7H3,(H,41,45)/t35?,36-/m1/s1. The van der Waals surface area contributed by atoms with Gasteiger partial charge in [0.1, 0.15) is 6.04 Å². The molecule has 10 nitrogen and oxygen atoms in total. The summed E-state index contributed by atoms with van der Waals surface area (Å²) in [6, 6.07) is 24.5. The third kappa shape index (κ3) is 9.46. The fraction of sp³-hybridized carbons (Fsp3) is 0.400. The number of fused-ring (bicyclic) bond motifs is 2. The monoisotopic (exact) mass is 714 g/mol. The molecule has 2 N–H and O–H groups in total. The van der Waals surface area contributed by atoms with Gasteiger partial charge in [-0.2, -0.15) is 0 Å². The average Bonchev–Trinajstić information content (AvgIpc) is 3.57. The minimum Gasteiger partial charge on any atom is -0.454 e. The summed E-state index contributed by atoms with van der Waals surface area (Å²) >= 11 is 0. The van der Waals surface area contributed by atoms with Gasteiger partial charge in [-0.3, -0.25) is 14.5 Å². The van der Waals surface area contributed by atoms with Crippen molar-refractivity contribution in [1.82, 2.24) is 19.8 Å². The highest BCUT2D eigenvalue weighted by molar-refractivity contribution is 7.89. The molecule has 272 valence electrons. The molecule has 0 saturated carbocycles. The summed E-state index contributed by atoms with van der Waals surface area (Å²) in [5, 5.41) is 4.64. The van der Waals surface area contributed by atoms with Crippen molar-refractivity contribution in [3.8, 4) is 11.5 Å². The Labute approximate surface area is 302 Å². The lowest BCUT2D eigenvalue weighted by Crippen LogP contribution is -2.50. The number of hydrogen-bond donors (Lipinski definition) is 2. The predicted molar refractivity (Wildman–Crippen MR) is 200 cm³/mol. The molecule has 0 bridgehead atoms. The fourth-order valence-corrected chi connectivity index (χ4v) is 7.53. The van der Waals surface area contributed by atoms with Crippen molar-refractivity contribution in [1.29, 1.82) is 0 Å². The van der Waals surface area contributed by atoms with Gasteiger partial charge < -0.3 is 19.7 Å². The molecule has 0 aliphatic carbocycles. The second-order valence-electron chi connectivity index (χ2n) is 14.0. The minimum atomic E-state index is -4.08. The molecule has 5 rings (SSSR count). The maximum absolute atomic E-state index is 13.9. The molecule has 0 saturated heterocycles. The Morgan fingerprint density at radius 3 is 2.08 bits per heavy atom. The fourth-order valence-electron chi connectivity index (χ4n) is 6.28. The van der Waals surface area contributed by atoms with Crippen LogP contribution >= 0.6 is 0 Å². The van der Waals surface area contributed by atoms with Crippen molar-refractivity contribution in [2.24, 2.45) is 0 Å². The molecular weight excluding hydrogens is 665 g/mol. The Morgan fingerprint density at radius 1 is 0.765 bits per heavy atom. The molecule has 11 heteroatoms. The molecule has 2 atom stereocenters.